The van der Waals surface area contributed by atoms with E-state index in [1.54, 1.807) is 13.2 Å². The van der Waals surface area contributed by atoms with E-state index >= 15 is 0 Å². The highest BCUT2D eigenvalue weighted by atomic mass is 19.1. The quantitative estimate of drug-likeness (QED) is 0.889. The molecule has 1 N–H and O–H groups in total. The molecule has 2 aromatic rings. The zero-order chi connectivity index (χ0) is 16.4. The van der Waals surface area contributed by atoms with Gasteiger partial charge in [0, 0.05) is 24.6 Å². The number of benzene rings is 2. The van der Waals surface area contributed by atoms with Crippen molar-refractivity contribution in [1.29, 1.82) is 0 Å². The van der Waals surface area contributed by atoms with E-state index in [0.717, 1.165) is 18.5 Å². The lowest BCUT2D eigenvalue weighted by atomic mass is 9.98. The second-order valence-corrected chi connectivity index (χ2v) is 6.19. The molecule has 1 fully saturated rings. The maximum absolute atomic E-state index is 13.8. The highest BCUT2D eigenvalue weighted by Crippen LogP contribution is 2.58. The first kappa shape index (κ1) is 16.0. The van der Waals surface area contributed by atoms with Gasteiger partial charge in [0.15, 0.2) is 0 Å². The Bertz CT molecular complexity index is 676. The molecule has 0 aliphatic heterocycles. The minimum Gasteiger partial charge on any atom is -0.496 e. The van der Waals surface area contributed by atoms with Gasteiger partial charge in [-0.25, -0.2) is 4.39 Å². The third-order valence-corrected chi connectivity index (χ3v) is 4.86. The first-order valence-electron chi connectivity index (χ1n) is 7.82. The van der Waals surface area contributed by atoms with Gasteiger partial charge in [0.1, 0.15) is 11.6 Å². The van der Waals surface area contributed by atoms with Crippen LogP contribution >= 0.6 is 0 Å². The number of aliphatic hydroxyl groups is 1. The van der Waals surface area contributed by atoms with Crippen LogP contribution in [0.4, 0.5) is 4.39 Å². The first-order chi connectivity index (χ1) is 11.1. The van der Waals surface area contributed by atoms with Crippen LogP contribution in [0.5, 0.6) is 5.75 Å². The van der Waals surface area contributed by atoms with Gasteiger partial charge in [-0.3, -0.25) is 4.90 Å². The molecule has 2 aromatic carbocycles. The molecule has 1 saturated carbocycles. The molecule has 0 aromatic heterocycles. The highest BCUT2D eigenvalue weighted by molar-refractivity contribution is 5.44. The Hall–Kier alpha value is -1.91. The molecule has 1 aliphatic carbocycles. The van der Waals surface area contributed by atoms with Gasteiger partial charge in [-0.2, -0.15) is 0 Å². The second-order valence-electron chi connectivity index (χ2n) is 6.19. The largest absolute Gasteiger partial charge is 0.496 e. The number of nitrogens with zero attached hydrogens (tertiary/aromatic N) is 1. The number of ether oxygens (including phenoxy) is 1. The van der Waals surface area contributed by atoms with Crippen molar-refractivity contribution in [2.24, 2.45) is 5.92 Å². The summed E-state index contributed by atoms with van der Waals surface area (Å²) < 4.78 is 19.3. The fourth-order valence-corrected chi connectivity index (χ4v) is 3.55. The van der Waals surface area contributed by atoms with Gasteiger partial charge < -0.3 is 9.84 Å². The summed E-state index contributed by atoms with van der Waals surface area (Å²) in [6.07, 6.45) is 0.798. The molecule has 0 bridgehead atoms. The molecule has 122 valence electrons. The maximum Gasteiger partial charge on any atom is 0.124 e. The fourth-order valence-electron chi connectivity index (χ4n) is 3.55. The smallest absolute Gasteiger partial charge is 0.124 e. The molecular formula is C19H22FNO2. The Morgan fingerprint density at radius 2 is 2.00 bits per heavy atom. The lowest BCUT2D eigenvalue weighted by Crippen LogP contribution is -2.34. The third kappa shape index (κ3) is 2.84. The highest BCUT2D eigenvalue weighted by Gasteiger charge is 2.59. The van der Waals surface area contributed by atoms with Crippen molar-refractivity contribution in [2.45, 2.75) is 18.5 Å². The normalized spacial score (nSPS) is 23.1. The van der Waals surface area contributed by atoms with Gasteiger partial charge in [0.05, 0.1) is 12.6 Å². The molecule has 0 spiro atoms. The summed E-state index contributed by atoms with van der Waals surface area (Å²) in [4.78, 5) is 2.19. The summed E-state index contributed by atoms with van der Waals surface area (Å²) in [7, 11) is 3.62. The van der Waals surface area contributed by atoms with Crippen LogP contribution in [0.25, 0.3) is 0 Å². The first-order valence-corrected chi connectivity index (χ1v) is 7.82. The van der Waals surface area contributed by atoms with Crippen molar-refractivity contribution < 1.29 is 14.2 Å². The van der Waals surface area contributed by atoms with Crippen molar-refractivity contribution >= 4 is 0 Å². The maximum atomic E-state index is 13.8. The number of methoxy groups -OCH3 is 1. The summed E-state index contributed by atoms with van der Waals surface area (Å²) >= 11 is 0. The van der Waals surface area contributed by atoms with Gasteiger partial charge in [-0.05, 0) is 37.2 Å². The Morgan fingerprint density at radius 1 is 1.26 bits per heavy atom. The van der Waals surface area contributed by atoms with E-state index < -0.39 is 0 Å². The number of hydrogen-bond acceptors (Lipinski definition) is 3. The van der Waals surface area contributed by atoms with Crippen molar-refractivity contribution in [3.05, 3.63) is 65.5 Å². The van der Waals surface area contributed by atoms with E-state index in [9.17, 15) is 9.50 Å². The minimum atomic E-state index is -0.377. The van der Waals surface area contributed by atoms with Crippen LogP contribution in [0.2, 0.25) is 0 Å². The van der Waals surface area contributed by atoms with Crippen LogP contribution in [-0.2, 0) is 12.1 Å². The van der Waals surface area contributed by atoms with E-state index in [1.165, 1.54) is 17.7 Å². The number of rotatable bonds is 6. The third-order valence-electron chi connectivity index (χ3n) is 4.86. The van der Waals surface area contributed by atoms with Crippen LogP contribution < -0.4 is 4.74 Å². The molecule has 0 radical (unpaired) electrons. The predicted molar refractivity (Wildman–Crippen MR) is 87.7 cm³/mol. The topological polar surface area (TPSA) is 32.7 Å². The molecule has 2 atom stereocenters. The average Bonchev–Trinajstić information content (AvgIpc) is 3.31. The molecule has 23 heavy (non-hydrogen) atoms. The van der Waals surface area contributed by atoms with Gasteiger partial charge in [-0.15, -0.1) is 0 Å². The van der Waals surface area contributed by atoms with E-state index in [1.807, 2.05) is 25.2 Å². The lowest BCUT2D eigenvalue weighted by Gasteiger charge is -2.31. The molecule has 3 nitrogen and oxygen atoms in total. The molecule has 3 rings (SSSR count). The zero-order valence-electron chi connectivity index (χ0n) is 13.5. The van der Waals surface area contributed by atoms with Crippen molar-refractivity contribution in [1.82, 2.24) is 4.90 Å². The Morgan fingerprint density at radius 3 is 2.61 bits per heavy atom. The van der Waals surface area contributed by atoms with E-state index in [0.29, 0.717) is 5.75 Å². The summed E-state index contributed by atoms with van der Waals surface area (Å²) in [5, 5.41) is 9.69. The fraction of sp³-hybridized carbons (Fsp3) is 0.368. The van der Waals surface area contributed by atoms with E-state index in [2.05, 4.69) is 17.0 Å². The van der Waals surface area contributed by atoms with Crippen LogP contribution in [0, 0.1) is 11.7 Å². The predicted octanol–water partition coefficient (Wildman–Crippen LogP) is 3.17. The molecule has 1 aliphatic rings. The van der Waals surface area contributed by atoms with Crippen LogP contribution in [0.1, 0.15) is 17.5 Å². The van der Waals surface area contributed by atoms with Crippen LogP contribution in [0.3, 0.4) is 0 Å². The Balaban J connectivity index is 1.96. The zero-order valence-corrected chi connectivity index (χ0v) is 13.5. The number of halogens is 1. The van der Waals surface area contributed by atoms with E-state index in [-0.39, 0.29) is 23.9 Å². The van der Waals surface area contributed by atoms with Gasteiger partial charge >= 0.3 is 0 Å². The molecule has 4 heteroatoms. The van der Waals surface area contributed by atoms with Crippen LogP contribution in [-0.4, -0.2) is 30.8 Å². The molecular weight excluding hydrogens is 293 g/mol. The summed E-state index contributed by atoms with van der Waals surface area (Å²) in [6.45, 7) is 0.815. The number of hydrogen-bond donors (Lipinski definition) is 1. The van der Waals surface area contributed by atoms with Crippen LogP contribution in [0.15, 0.2) is 48.5 Å². The Labute approximate surface area is 136 Å². The SMILES string of the molecule is COc1ccc(F)cc1[C@@]1(N(C)Cc2ccccc2)C[C@@H]1CO. The molecule has 0 unspecified atom stereocenters. The monoisotopic (exact) mass is 315 g/mol. The Kier molecular flexibility index (Phi) is 4.37. The van der Waals surface area contributed by atoms with Gasteiger partial charge in [0.2, 0.25) is 0 Å². The van der Waals surface area contributed by atoms with Crippen molar-refractivity contribution in [3.63, 3.8) is 0 Å². The average molecular weight is 315 g/mol. The summed E-state index contributed by atoms with van der Waals surface area (Å²) in [5.41, 5.74) is 1.63. The summed E-state index contributed by atoms with van der Waals surface area (Å²) in [6, 6.07) is 14.8. The van der Waals surface area contributed by atoms with Gasteiger partial charge in [0.25, 0.3) is 0 Å². The number of aliphatic hydroxyl groups excluding tert-OH is 1. The second kappa shape index (κ2) is 6.30. The molecule has 0 saturated heterocycles. The van der Waals surface area contributed by atoms with Crippen molar-refractivity contribution in [2.75, 3.05) is 20.8 Å². The molecule has 0 heterocycles. The summed E-state index contributed by atoms with van der Waals surface area (Å²) in [5.74, 6) is 0.478. The molecule has 0 amide bonds. The lowest BCUT2D eigenvalue weighted by molar-refractivity contribution is 0.162. The van der Waals surface area contributed by atoms with Crippen molar-refractivity contribution in [3.8, 4) is 5.75 Å². The van der Waals surface area contributed by atoms with E-state index in [4.69, 9.17) is 4.74 Å². The standard InChI is InChI=1S/C19H22FNO2/c1-21(12-14-6-4-3-5-7-14)19(11-15(19)13-22)17-10-16(20)8-9-18(17)23-2/h3-10,15,22H,11-13H2,1-2H3/t15-,19-/m1/s1. The van der Waals surface area contributed by atoms with Gasteiger partial charge in [-0.1, -0.05) is 30.3 Å². The minimum absolute atomic E-state index is 0.0821.